The van der Waals surface area contributed by atoms with E-state index in [-0.39, 0.29) is 35.9 Å². The molecule has 1 aromatic carbocycles. The minimum absolute atomic E-state index is 0. The number of hydrogen-bond donors (Lipinski definition) is 0. The van der Waals surface area contributed by atoms with E-state index in [1.807, 2.05) is 18.2 Å². The van der Waals surface area contributed by atoms with Crippen molar-refractivity contribution in [3.63, 3.8) is 0 Å². The third-order valence-electron chi connectivity index (χ3n) is 2.38. The summed E-state index contributed by atoms with van der Waals surface area (Å²) in [6.07, 6.45) is 4.57. The SMILES string of the molecule is CC(=O)[O-].COc1cccc(/C=N\N=C(/[O-])c2ccncc2)c1.O.O.O.[Zn+2]. The van der Waals surface area contributed by atoms with Crippen LogP contribution in [0.2, 0.25) is 0 Å². The van der Waals surface area contributed by atoms with Crippen LogP contribution in [0.1, 0.15) is 18.1 Å². The van der Waals surface area contributed by atoms with E-state index in [4.69, 9.17) is 14.6 Å². The van der Waals surface area contributed by atoms with Crippen LogP contribution in [0.5, 0.6) is 5.75 Å². The molecule has 0 spiro atoms. The number of methoxy groups -OCH3 is 1. The Morgan fingerprint density at radius 3 is 2.19 bits per heavy atom. The number of carbonyl (C=O) groups is 1. The summed E-state index contributed by atoms with van der Waals surface area (Å²) in [5, 5.41) is 27.9. The summed E-state index contributed by atoms with van der Waals surface area (Å²) in [5.74, 6) is -0.758. The monoisotopic (exact) mass is 431 g/mol. The molecule has 1 heterocycles. The molecule has 0 amide bonds. The van der Waals surface area contributed by atoms with Crippen LogP contribution in [0.4, 0.5) is 0 Å². The first-order valence-electron chi connectivity index (χ1n) is 6.53. The van der Waals surface area contributed by atoms with Gasteiger partial charge in [-0.2, -0.15) is 10.2 Å². The summed E-state index contributed by atoms with van der Waals surface area (Å²) in [4.78, 5) is 12.7. The summed E-state index contributed by atoms with van der Waals surface area (Å²) >= 11 is 0. The molecule has 0 aliphatic heterocycles. The number of benzene rings is 1. The Morgan fingerprint density at radius 2 is 1.67 bits per heavy atom. The standard InChI is InChI=1S/C14H13N3O2.C2H4O2.3H2O.Zn/c1-19-13-4-2-3-11(9-13)10-16-17-14(18)12-5-7-15-8-6-12;1-2(3)4;;;;/h2-10H,1H3,(H,17,18);1H3,(H,3,4);3*1H2;/q;;;;;+2/p-2/b16-10-;;;;;. The first-order chi connectivity index (χ1) is 11.0. The van der Waals surface area contributed by atoms with Crippen molar-refractivity contribution in [3.8, 4) is 5.75 Å². The first kappa shape index (κ1) is 32.0. The van der Waals surface area contributed by atoms with Gasteiger partial charge < -0.3 is 36.2 Å². The molecule has 27 heavy (non-hydrogen) atoms. The fraction of sp³-hybridized carbons (Fsp3) is 0.125. The number of carboxylic acid groups (broad SMARTS) is 1. The van der Waals surface area contributed by atoms with Gasteiger partial charge in [0.15, 0.2) is 0 Å². The summed E-state index contributed by atoms with van der Waals surface area (Å²) in [6, 6.07) is 10.5. The predicted molar refractivity (Wildman–Crippen MR) is 92.9 cm³/mol. The van der Waals surface area contributed by atoms with Gasteiger partial charge in [0.2, 0.25) is 0 Å². The topological polar surface area (TPSA) is 205 Å². The molecule has 144 valence electrons. The van der Waals surface area contributed by atoms with Crippen molar-refractivity contribution in [1.82, 2.24) is 4.98 Å². The summed E-state index contributed by atoms with van der Waals surface area (Å²) in [7, 11) is 1.59. The molecule has 11 heteroatoms. The van der Waals surface area contributed by atoms with Gasteiger partial charge in [-0.15, -0.1) is 0 Å². The average Bonchev–Trinajstić information content (AvgIpc) is 2.55. The number of rotatable bonds is 4. The van der Waals surface area contributed by atoms with E-state index in [0.717, 1.165) is 18.2 Å². The second kappa shape index (κ2) is 18.1. The Bertz CT molecular complexity index is 693. The van der Waals surface area contributed by atoms with Crippen molar-refractivity contribution in [3.05, 3.63) is 59.9 Å². The van der Waals surface area contributed by atoms with Crippen molar-refractivity contribution >= 4 is 18.1 Å². The van der Waals surface area contributed by atoms with E-state index in [9.17, 15) is 5.11 Å². The minimum Gasteiger partial charge on any atom is -0.857 e. The van der Waals surface area contributed by atoms with Crippen LogP contribution in [0.15, 0.2) is 59.0 Å². The van der Waals surface area contributed by atoms with Crippen LogP contribution in [-0.4, -0.2) is 46.6 Å². The van der Waals surface area contributed by atoms with Crippen LogP contribution < -0.4 is 14.9 Å². The molecule has 0 bridgehead atoms. The minimum atomic E-state index is -1.08. The molecule has 0 atom stereocenters. The third-order valence-corrected chi connectivity index (χ3v) is 2.38. The van der Waals surface area contributed by atoms with E-state index >= 15 is 0 Å². The van der Waals surface area contributed by atoms with Gasteiger partial charge in [0.1, 0.15) is 5.75 Å². The first-order valence-corrected chi connectivity index (χ1v) is 6.53. The number of aliphatic carboxylic acids is 1. The molecule has 2 rings (SSSR count). The van der Waals surface area contributed by atoms with Gasteiger partial charge in [0, 0.05) is 24.3 Å². The van der Waals surface area contributed by atoms with Crippen LogP contribution in [0, 0.1) is 0 Å². The van der Waals surface area contributed by atoms with E-state index < -0.39 is 11.9 Å². The summed E-state index contributed by atoms with van der Waals surface area (Å²) in [5.41, 5.74) is 1.27. The number of hydrogen-bond acceptors (Lipinski definition) is 7. The van der Waals surface area contributed by atoms with Gasteiger partial charge in [-0.05, 0) is 42.3 Å². The Morgan fingerprint density at radius 1 is 1.11 bits per heavy atom. The van der Waals surface area contributed by atoms with Crippen LogP contribution >= 0.6 is 0 Å². The normalized spacial score (nSPS) is 9.19. The molecule has 1 aromatic heterocycles. The molecule has 6 N–H and O–H groups in total. The molecular weight excluding hydrogens is 412 g/mol. The maximum atomic E-state index is 11.6. The second-order valence-electron chi connectivity index (χ2n) is 4.15. The van der Waals surface area contributed by atoms with Crippen molar-refractivity contribution in [2.24, 2.45) is 10.2 Å². The van der Waals surface area contributed by atoms with Gasteiger partial charge >= 0.3 is 19.5 Å². The van der Waals surface area contributed by atoms with Gasteiger partial charge in [-0.25, -0.2) is 0 Å². The third kappa shape index (κ3) is 14.2. The number of pyridine rings is 1. The number of ether oxygens (including phenoxy) is 1. The van der Waals surface area contributed by atoms with Crippen LogP contribution in [-0.2, 0) is 24.3 Å². The molecule has 0 aliphatic rings. The van der Waals surface area contributed by atoms with E-state index in [0.29, 0.717) is 5.56 Å². The van der Waals surface area contributed by atoms with Crippen LogP contribution in [0.25, 0.3) is 0 Å². The largest absolute Gasteiger partial charge is 2.00 e. The zero-order valence-corrected chi connectivity index (χ0v) is 17.8. The second-order valence-corrected chi connectivity index (χ2v) is 4.15. The number of carbonyl (C=O) groups excluding carboxylic acids is 1. The maximum Gasteiger partial charge on any atom is 2.00 e. The van der Waals surface area contributed by atoms with Crippen LogP contribution in [0.3, 0.4) is 0 Å². The molecule has 0 saturated carbocycles. The van der Waals surface area contributed by atoms with Gasteiger partial charge in [0.05, 0.1) is 13.3 Å². The zero-order chi connectivity index (χ0) is 17.1. The number of aromatic nitrogens is 1. The Kier molecular flexibility index (Phi) is 21.4. The summed E-state index contributed by atoms with van der Waals surface area (Å²) < 4.78 is 5.09. The molecule has 2 aromatic rings. The van der Waals surface area contributed by atoms with Crippen molar-refractivity contribution < 1.29 is 55.7 Å². The molecule has 0 radical (unpaired) electrons. The number of carboxylic acids is 1. The molecular formula is C16H21N3O7Zn. The molecule has 10 nitrogen and oxygen atoms in total. The van der Waals surface area contributed by atoms with Gasteiger partial charge in [-0.3, -0.25) is 4.98 Å². The van der Waals surface area contributed by atoms with E-state index in [1.54, 1.807) is 25.3 Å². The fourth-order valence-corrected chi connectivity index (χ4v) is 1.42. The van der Waals surface area contributed by atoms with Crippen molar-refractivity contribution in [2.75, 3.05) is 7.11 Å². The van der Waals surface area contributed by atoms with Crippen molar-refractivity contribution in [2.45, 2.75) is 6.92 Å². The zero-order valence-electron chi connectivity index (χ0n) is 14.9. The van der Waals surface area contributed by atoms with E-state index in [2.05, 4.69) is 15.2 Å². The van der Waals surface area contributed by atoms with E-state index in [1.165, 1.54) is 18.6 Å². The molecule has 0 saturated heterocycles. The molecule has 0 unspecified atom stereocenters. The summed E-state index contributed by atoms with van der Waals surface area (Å²) in [6.45, 7) is 0.972. The smallest absolute Gasteiger partial charge is 0.857 e. The van der Waals surface area contributed by atoms with Crippen molar-refractivity contribution in [1.29, 1.82) is 0 Å². The molecule has 0 aliphatic carbocycles. The predicted octanol–water partition coefficient (Wildman–Crippen LogP) is -2.49. The van der Waals surface area contributed by atoms with Gasteiger partial charge in [-0.1, -0.05) is 12.1 Å². The molecule has 0 fully saturated rings. The average molecular weight is 433 g/mol. The Hall–Kier alpha value is -2.72. The fourth-order valence-electron chi connectivity index (χ4n) is 1.42. The number of nitrogens with zero attached hydrogens (tertiary/aromatic N) is 3. The Labute approximate surface area is 168 Å². The Balaban J connectivity index is -0.000000302. The quantitative estimate of drug-likeness (QED) is 0.222. The van der Waals surface area contributed by atoms with Gasteiger partial charge in [0.25, 0.3) is 0 Å². The maximum absolute atomic E-state index is 11.6.